The highest BCUT2D eigenvalue weighted by atomic mass is 32.1. The first-order valence-corrected chi connectivity index (χ1v) is 12.5. The molecule has 0 radical (unpaired) electrons. The van der Waals surface area contributed by atoms with Crippen LogP contribution in [0.1, 0.15) is 74.4 Å². The van der Waals surface area contributed by atoms with Crippen molar-refractivity contribution in [1.29, 1.82) is 0 Å². The summed E-state index contributed by atoms with van der Waals surface area (Å²) < 4.78 is 5.55. The lowest BCUT2D eigenvalue weighted by Crippen LogP contribution is -2.13. The van der Waals surface area contributed by atoms with Crippen LogP contribution in [0.5, 0.6) is 0 Å². The van der Waals surface area contributed by atoms with Gasteiger partial charge in [0.15, 0.2) is 0 Å². The van der Waals surface area contributed by atoms with Crippen molar-refractivity contribution in [1.82, 2.24) is 0 Å². The topological polar surface area (TPSA) is 26.3 Å². The number of esters is 1. The summed E-state index contributed by atoms with van der Waals surface area (Å²) in [5.41, 5.74) is 5.75. The van der Waals surface area contributed by atoms with Crippen LogP contribution in [0.2, 0.25) is 0 Å². The number of hydrogen-bond acceptors (Lipinski definition) is 3. The van der Waals surface area contributed by atoms with Gasteiger partial charge in [0, 0.05) is 22.4 Å². The SMILES string of the molecule is CCCCC#Cc1c(-c2cccs2)cc(-c2ccccc2)c(C(=O)OCC)c1CCCC. The molecule has 3 aromatic rings. The van der Waals surface area contributed by atoms with Crippen LogP contribution in [0.3, 0.4) is 0 Å². The molecule has 0 saturated heterocycles. The van der Waals surface area contributed by atoms with Gasteiger partial charge in [-0.2, -0.15) is 0 Å². The van der Waals surface area contributed by atoms with Crippen LogP contribution in [0.15, 0.2) is 53.9 Å². The summed E-state index contributed by atoms with van der Waals surface area (Å²) in [5, 5.41) is 2.09. The van der Waals surface area contributed by atoms with Crippen LogP contribution >= 0.6 is 11.3 Å². The Kier molecular flexibility index (Phi) is 9.13. The number of ether oxygens (including phenoxy) is 1. The van der Waals surface area contributed by atoms with E-state index in [-0.39, 0.29) is 5.97 Å². The zero-order valence-corrected chi connectivity index (χ0v) is 20.2. The van der Waals surface area contributed by atoms with Crippen molar-refractivity contribution in [2.75, 3.05) is 6.61 Å². The van der Waals surface area contributed by atoms with Gasteiger partial charge in [0.25, 0.3) is 0 Å². The summed E-state index contributed by atoms with van der Waals surface area (Å²) in [6, 6.07) is 16.5. The van der Waals surface area contributed by atoms with Crippen molar-refractivity contribution in [3.8, 4) is 33.4 Å². The molecule has 3 heteroatoms. The van der Waals surface area contributed by atoms with E-state index < -0.39 is 0 Å². The lowest BCUT2D eigenvalue weighted by molar-refractivity contribution is 0.0526. The molecule has 0 fully saturated rings. The molecule has 0 unspecified atom stereocenters. The van der Waals surface area contributed by atoms with E-state index in [9.17, 15) is 4.79 Å². The average molecular weight is 445 g/mol. The Bertz CT molecular complexity index is 1070. The molecule has 166 valence electrons. The minimum Gasteiger partial charge on any atom is -0.462 e. The summed E-state index contributed by atoms with van der Waals surface area (Å²) in [5.74, 6) is 6.60. The first kappa shape index (κ1) is 23.8. The van der Waals surface area contributed by atoms with Gasteiger partial charge in [0.2, 0.25) is 0 Å². The maximum atomic E-state index is 13.3. The number of rotatable bonds is 9. The van der Waals surface area contributed by atoms with Gasteiger partial charge >= 0.3 is 5.97 Å². The van der Waals surface area contributed by atoms with E-state index in [0.29, 0.717) is 12.2 Å². The molecule has 0 N–H and O–H groups in total. The van der Waals surface area contributed by atoms with Gasteiger partial charge in [-0.25, -0.2) is 4.79 Å². The van der Waals surface area contributed by atoms with Gasteiger partial charge in [0.1, 0.15) is 0 Å². The van der Waals surface area contributed by atoms with Crippen LogP contribution in [-0.4, -0.2) is 12.6 Å². The van der Waals surface area contributed by atoms with Crippen molar-refractivity contribution in [3.63, 3.8) is 0 Å². The average Bonchev–Trinajstić information content (AvgIpc) is 3.35. The smallest absolute Gasteiger partial charge is 0.339 e. The molecule has 2 nitrogen and oxygen atoms in total. The van der Waals surface area contributed by atoms with Crippen molar-refractivity contribution in [2.24, 2.45) is 0 Å². The second kappa shape index (κ2) is 12.3. The van der Waals surface area contributed by atoms with Crippen LogP contribution in [0.25, 0.3) is 21.6 Å². The normalized spacial score (nSPS) is 10.5. The van der Waals surface area contributed by atoms with Crippen LogP contribution in [0.4, 0.5) is 0 Å². The Morgan fingerprint density at radius 1 is 0.969 bits per heavy atom. The Hall–Kier alpha value is -2.83. The summed E-state index contributed by atoms with van der Waals surface area (Å²) in [7, 11) is 0. The van der Waals surface area contributed by atoms with Crippen LogP contribution < -0.4 is 0 Å². The van der Waals surface area contributed by atoms with Crippen molar-refractivity contribution < 1.29 is 9.53 Å². The number of carbonyl (C=O) groups excluding carboxylic acids is 1. The minimum atomic E-state index is -0.258. The monoisotopic (exact) mass is 444 g/mol. The van der Waals surface area contributed by atoms with E-state index >= 15 is 0 Å². The lowest BCUT2D eigenvalue weighted by atomic mass is 9.85. The summed E-state index contributed by atoms with van der Waals surface area (Å²) in [6.45, 7) is 6.57. The fourth-order valence-corrected chi connectivity index (χ4v) is 4.56. The fraction of sp³-hybridized carbons (Fsp3) is 0.345. The Morgan fingerprint density at radius 2 is 1.75 bits per heavy atom. The molecular formula is C29H32O2S. The molecule has 2 aromatic carbocycles. The van der Waals surface area contributed by atoms with Gasteiger partial charge in [-0.1, -0.05) is 74.9 Å². The summed E-state index contributed by atoms with van der Waals surface area (Å²) in [6.07, 6.45) is 5.92. The third-order valence-electron chi connectivity index (χ3n) is 5.43. The van der Waals surface area contributed by atoms with Crippen LogP contribution in [-0.2, 0) is 11.2 Å². The summed E-state index contributed by atoms with van der Waals surface area (Å²) >= 11 is 1.71. The quantitative estimate of drug-likeness (QED) is 0.189. The molecule has 0 aliphatic heterocycles. The third kappa shape index (κ3) is 5.69. The number of hydrogen-bond donors (Lipinski definition) is 0. The van der Waals surface area contributed by atoms with E-state index in [1.807, 2.05) is 25.1 Å². The zero-order chi connectivity index (χ0) is 22.8. The zero-order valence-electron chi connectivity index (χ0n) is 19.4. The predicted molar refractivity (Wildman–Crippen MR) is 136 cm³/mol. The van der Waals surface area contributed by atoms with Gasteiger partial charge in [-0.05, 0) is 60.4 Å². The van der Waals surface area contributed by atoms with Crippen molar-refractivity contribution in [3.05, 3.63) is 70.6 Å². The van der Waals surface area contributed by atoms with E-state index in [0.717, 1.165) is 66.3 Å². The molecule has 1 aromatic heterocycles. The van der Waals surface area contributed by atoms with E-state index in [2.05, 4.69) is 61.4 Å². The molecule has 0 atom stereocenters. The van der Waals surface area contributed by atoms with Gasteiger partial charge in [-0.15, -0.1) is 11.3 Å². The molecule has 0 saturated carbocycles. The van der Waals surface area contributed by atoms with Gasteiger partial charge < -0.3 is 4.74 Å². The highest BCUT2D eigenvalue weighted by Gasteiger charge is 2.24. The van der Waals surface area contributed by atoms with E-state index in [1.54, 1.807) is 11.3 Å². The molecule has 0 bridgehead atoms. The maximum Gasteiger partial charge on any atom is 0.339 e. The standard InChI is InChI=1S/C29H32O2S/c1-4-7-9-13-18-23-24(17-8-5-2)28(29(30)31-6-3)25(22-15-11-10-12-16-22)21-26(23)27-19-14-20-32-27/h10-12,14-16,19-21H,4-9,17H2,1-3H3. The molecule has 3 rings (SSSR count). The molecule has 0 spiro atoms. The minimum absolute atomic E-state index is 0.258. The molecule has 0 amide bonds. The molecular weight excluding hydrogens is 412 g/mol. The van der Waals surface area contributed by atoms with E-state index in [1.165, 1.54) is 4.88 Å². The Balaban J connectivity index is 2.35. The van der Waals surface area contributed by atoms with Gasteiger partial charge in [0.05, 0.1) is 12.2 Å². The highest BCUT2D eigenvalue weighted by Crippen LogP contribution is 2.38. The Labute approximate surface area is 196 Å². The first-order chi connectivity index (χ1) is 15.7. The number of thiophene rings is 1. The number of carbonyl (C=O) groups is 1. The van der Waals surface area contributed by atoms with Crippen LogP contribution in [0, 0.1) is 11.8 Å². The van der Waals surface area contributed by atoms with Gasteiger partial charge in [-0.3, -0.25) is 0 Å². The highest BCUT2D eigenvalue weighted by molar-refractivity contribution is 7.13. The number of unbranched alkanes of at least 4 members (excludes halogenated alkanes) is 3. The second-order valence-corrected chi connectivity index (χ2v) is 8.72. The molecule has 0 aliphatic rings. The maximum absolute atomic E-state index is 13.3. The molecule has 32 heavy (non-hydrogen) atoms. The van der Waals surface area contributed by atoms with Crippen molar-refractivity contribution in [2.45, 2.75) is 59.3 Å². The number of benzene rings is 2. The fourth-order valence-electron chi connectivity index (χ4n) is 3.81. The summed E-state index contributed by atoms with van der Waals surface area (Å²) in [4.78, 5) is 14.5. The second-order valence-electron chi connectivity index (χ2n) is 7.77. The Morgan fingerprint density at radius 3 is 2.41 bits per heavy atom. The largest absolute Gasteiger partial charge is 0.462 e. The third-order valence-corrected chi connectivity index (χ3v) is 6.33. The van der Waals surface area contributed by atoms with Crippen molar-refractivity contribution >= 4 is 17.3 Å². The van der Waals surface area contributed by atoms with E-state index in [4.69, 9.17) is 4.74 Å². The first-order valence-electron chi connectivity index (χ1n) is 11.7. The molecule has 1 heterocycles. The molecule has 0 aliphatic carbocycles. The lowest BCUT2D eigenvalue weighted by Gasteiger charge is -2.19. The predicted octanol–water partition coefficient (Wildman–Crippen LogP) is 8.14.